The summed E-state index contributed by atoms with van der Waals surface area (Å²) < 4.78 is 7.57. The van der Waals surface area contributed by atoms with E-state index in [-0.39, 0.29) is 5.41 Å². The van der Waals surface area contributed by atoms with Crippen LogP contribution in [0.4, 0.5) is 5.69 Å². The summed E-state index contributed by atoms with van der Waals surface area (Å²) in [6.45, 7) is 9.39. The van der Waals surface area contributed by atoms with Crippen LogP contribution in [-0.2, 0) is 11.3 Å². The van der Waals surface area contributed by atoms with Crippen molar-refractivity contribution in [3.05, 3.63) is 12.4 Å². The molecule has 1 aliphatic heterocycles. The Morgan fingerprint density at radius 2 is 2.35 bits per heavy atom. The van der Waals surface area contributed by atoms with Gasteiger partial charge in [0.15, 0.2) is 0 Å². The lowest BCUT2D eigenvalue weighted by Crippen LogP contribution is -2.18. The highest BCUT2D eigenvalue weighted by Gasteiger charge is 2.16. The molecule has 0 aliphatic carbocycles. The summed E-state index contributed by atoms with van der Waals surface area (Å²) in [5.41, 5.74) is 1.38. The molecule has 0 saturated carbocycles. The Bertz CT molecular complexity index is 348. The summed E-state index contributed by atoms with van der Waals surface area (Å²) in [6, 6.07) is 0. The molecule has 1 atom stereocenters. The number of nitrogens with one attached hydrogen (secondary N) is 1. The predicted molar refractivity (Wildman–Crippen MR) is 69.1 cm³/mol. The highest BCUT2D eigenvalue weighted by atomic mass is 16.5. The molecule has 1 N–H and O–H groups in total. The molecule has 1 saturated heterocycles. The molecular weight excluding hydrogens is 214 g/mol. The fourth-order valence-corrected chi connectivity index (χ4v) is 1.92. The summed E-state index contributed by atoms with van der Waals surface area (Å²) >= 11 is 0. The Morgan fingerprint density at radius 3 is 3.00 bits per heavy atom. The van der Waals surface area contributed by atoms with Gasteiger partial charge in [-0.25, -0.2) is 0 Å². The van der Waals surface area contributed by atoms with Crippen molar-refractivity contribution in [3.8, 4) is 0 Å². The maximum atomic E-state index is 5.60. The van der Waals surface area contributed by atoms with Crippen molar-refractivity contribution in [1.29, 1.82) is 0 Å². The summed E-state index contributed by atoms with van der Waals surface area (Å²) in [6.07, 6.45) is 6.64. The third-order valence-corrected chi connectivity index (χ3v) is 2.87. The van der Waals surface area contributed by atoms with E-state index in [1.165, 1.54) is 6.42 Å². The first-order valence-electron chi connectivity index (χ1n) is 6.41. The lowest BCUT2D eigenvalue weighted by atomic mass is 9.97. The highest BCUT2D eigenvalue weighted by Crippen LogP contribution is 2.17. The van der Waals surface area contributed by atoms with Gasteiger partial charge in [0.25, 0.3) is 0 Å². The molecule has 1 fully saturated rings. The van der Waals surface area contributed by atoms with Crippen LogP contribution in [-0.4, -0.2) is 29.0 Å². The zero-order chi connectivity index (χ0) is 12.3. The number of hydrogen-bond donors (Lipinski definition) is 1. The molecule has 1 aromatic rings. The third-order valence-electron chi connectivity index (χ3n) is 2.87. The molecule has 1 aromatic heterocycles. The van der Waals surface area contributed by atoms with Crippen LogP contribution in [0.5, 0.6) is 0 Å². The Hall–Kier alpha value is -1.03. The minimum atomic E-state index is 0.288. The van der Waals surface area contributed by atoms with Gasteiger partial charge in [-0.2, -0.15) is 5.10 Å². The van der Waals surface area contributed by atoms with Gasteiger partial charge in [0, 0.05) is 19.3 Å². The number of rotatable bonds is 4. The van der Waals surface area contributed by atoms with Gasteiger partial charge in [-0.15, -0.1) is 0 Å². The number of aromatic nitrogens is 2. The van der Waals surface area contributed by atoms with Gasteiger partial charge in [-0.1, -0.05) is 20.8 Å². The van der Waals surface area contributed by atoms with Crippen LogP contribution in [0, 0.1) is 5.41 Å². The van der Waals surface area contributed by atoms with Crippen LogP contribution in [0.1, 0.15) is 33.6 Å². The van der Waals surface area contributed by atoms with Crippen molar-refractivity contribution >= 4 is 5.69 Å². The topological polar surface area (TPSA) is 39.1 Å². The molecule has 4 heteroatoms. The van der Waals surface area contributed by atoms with Crippen molar-refractivity contribution in [1.82, 2.24) is 9.78 Å². The molecule has 96 valence electrons. The first-order chi connectivity index (χ1) is 8.03. The average molecular weight is 237 g/mol. The standard InChI is InChI=1S/C13H23N3O/c1-13(2,3)10-14-11-7-15-16(8-11)9-12-5-4-6-17-12/h7-8,12,14H,4-6,9-10H2,1-3H3. The summed E-state index contributed by atoms with van der Waals surface area (Å²) in [4.78, 5) is 0. The second kappa shape index (κ2) is 5.08. The van der Waals surface area contributed by atoms with Crippen molar-refractivity contribution < 1.29 is 4.74 Å². The SMILES string of the molecule is CC(C)(C)CNc1cnn(CC2CCCO2)c1. The smallest absolute Gasteiger partial charge is 0.0771 e. The Morgan fingerprint density at radius 1 is 1.53 bits per heavy atom. The van der Waals surface area contributed by atoms with E-state index in [1.807, 2.05) is 10.9 Å². The molecule has 0 bridgehead atoms. The van der Waals surface area contributed by atoms with E-state index in [9.17, 15) is 0 Å². The predicted octanol–water partition coefficient (Wildman–Crippen LogP) is 2.52. The molecular formula is C13H23N3O. The van der Waals surface area contributed by atoms with E-state index >= 15 is 0 Å². The van der Waals surface area contributed by atoms with E-state index in [2.05, 4.69) is 37.4 Å². The van der Waals surface area contributed by atoms with Gasteiger partial charge >= 0.3 is 0 Å². The molecule has 1 aliphatic rings. The molecule has 4 nitrogen and oxygen atoms in total. The highest BCUT2D eigenvalue weighted by molar-refractivity contribution is 5.38. The number of anilines is 1. The van der Waals surface area contributed by atoms with Gasteiger partial charge in [0.2, 0.25) is 0 Å². The zero-order valence-corrected chi connectivity index (χ0v) is 11.1. The van der Waals surface area contributed by atoms with E-state index in [0.29, 0.717) is 6.10 Å². The lowest BCUT2D eigenvalue weighted by molar-refractivity contribution is 0.0940. The average Bonchev–Trinajstić information content (AvgIpc) is 2.86. The minimum Gasteiger partial charge on any atom is -0.382 e. The monoisotopic (exact) mass is 237 g/mol. The van der Waals surface area contributed by atoms with Crippen LogP contribution in [0.2, 0.25) is 0 Å². The van der Waals surface area contributed by atoms with Crippen LogP contribution in [0.15, 0.2) is 12.4 Å². The molecule has 0 spiro atoms. The molecule has 1 unspecified atom stereocenters. The van der Waals surface area contributed by atoms with Gasteiger partial charge in [-0.3, -0.25) is 4.68 Å². The number of nitrogens with zero attached hydrogens (tertiary/aromatic N) is 2. The second-order valence-corrected chi connectivity index (χ2v) is 6.00. The summed E-state index contributed by atoms with van der Waals surface area (Å²) in [5, 5.41) is 7.76. The molecule has 2 rings (SSSR count). The van der Waals surface area contributed by atoms with Gasteiger partial charge in [0.1, 0.15) is 0 Å². The number of ether oxygens (including phenoxy) is 1. The lowest BCUT2D eigenvalue weighted by Gasteiger charge is -2.18. The van der Waals surface area contributed by atoms with Gasteiger partial charge in [-0.05, 0) is 18.3 Å². The molecule has 0 radical (unpaired) electrons. The van der Waals surface area contributed by atoms with Crippen LogP contribution in [0.25, 0.3) is 0 Å². The van der Waals surface area contributed by atoms with E-state index in [1.54, 1.807) is 0 Å². The second-order valence-electron chi connectivity index (χ2n) is 6.00. The minimum absolute atomic E-state index is 0.288. The van der Waals surface area contributed by atoms with Crippen molar-refractivity contribution in [3.63, 3.8) is 0 Å². The zero-order valence-electron chi connectivity index (χ0n) is 11.1. The van der Waals surface area contributed by atoms with Crippen LogP contribution >= 0.6 is 0 Å². The Kier molecular flexibility index (Phi) is 3.72. The fourth-order valence-electron chi connectivity index (χ4n) is 1.92. The summed E-state index contributed by atoms with van der Waals surface area (Å²) in [7, 11) is 0. The molecule has 0 aromatic carbocycles. The largest absolute Gasteiger partial charge is 0.382 e. The molecule has 0 amide bonds. The van der Waals surface area contributed by atoms with Crippen molar-refractivity contribution in [2.75, 3.05) is 18.5 Å². The maximum Gasteiger partial charge on any atom is 0.0771 e. The Balaban J connectivity index is 1.83. The molecule has 17 heavy (non-hydrogen) atoms. The third kappa shape index (κ3) is 4.04. The normalized spacial score (nSPS) is 20.8. The van der Waals surface area contributed by atoms with Gasteiger partial charge < -0.3 is 10.1 Å². The van der Waals surface area contributed by atoms with E-state index in [4.69, 9.17) is 4.74 Å². The van der Waals surface area contributed by atoms with Gasteiger partial charge in [0.05, 0.1) is 24.5 Å². The van der Waals surface area contributed by atoms with Crippen molar-refractivity contribution in [2.24, 2.45) is 5.41 Å². The quantitative estimate of drug-likeness (QED) is 0.874. The Labute approximate surface area is 103 Å². The maximum absolute atomic E-state index is 5.60. The summed E-state index contributed by atoms with van der Waals surface area (Å²) in [5.74, 6) is 0. The first-order valence-corrected chi connectivity index (χ1v) is 6.41. The first kappa shape index (κ1) is 12.4. The number of hydrogen-bond acceptors (Lipinski definition) is 3. The molecule has 2 heterocycles. The van der Waals surface area contributed by atoms with E-state index in [0.717, 1.165) is 31.8 Å². The van der Waals surface area contributed by atoms with Crippen LogP contribution < -0.4 is 5.32 Å². The van der Waals surface area contributed by atoms with Crippen LogP contribution in [0.3, 0.4) is 0 Å². The van der Waals surface area contributed by atoms with E-state index < -0.39 is 0 Å². The fraction of sp³-hybridized carbons (Fsp3) is 0.769. The van der Waals surface area contributed by atoms with Crippen molar-refractivity contribution in [2.45, 2.75) is 46.3 Å².